The van der Waals surface area contributed by atoms with Crippen LogP contribution in [-0.2, 0) is 6.42 Å². The molecule has 0 fully saturated rings. The molecule has 2 rings (SSSR count). The van der Waals surface area contributed by atoms with E-state index < -0.39 is 0 Å². The topological polar surface area (TPSA) is 12.0 Å². The summed E-state index contributed by atoms with van der Waals surface area (Å²) in [6.07, 6.45) is 2.01. The van der Waals surface area contributed by atoms with Crippen molar-refractivity contribution < 1.29 is 0 Å². The van der Waals surface area contributed by atoms with Crippen molar-refractivity contribution in [3.05, 3.63) is 67.2 Å². The third-order valence-electron chi connectivity index (χ3n) is 3.35. The minimum Gasteiger partial charge on any atom is -0.310 e. The lowest BCUT2D eigenvalue weighted by atomic mass is 9.99. The first-order valence-corrected chi connectivity index (χ1v) is 8.87. The van der Waals surface area contributed by atoms with Crippen LogP contribution in [-0.4, -0.2) is 6.54 Å². The predicted octanol–water partition coefficient (Wildman–Crippen LogP) is 5.88. The van der Waals surface area contributed by atoms with Gasteiger partial charge in [0, 0.05) is 9.61 Å². The molecule has 0 spiro atoms. The zero-order chi connectivity index (χ0) is 15.2. The van der Waals surface area contributed by atoms with Gasteiger partial charge in [-0.1, -0.05) is 54.4 Å². The van der Waals surface area contributed by atoms with Crippen molar-refractivity contribution in [2.24, 2.45) is 0 Å². The molecule has 2 aromatic rings. The summed E-state index contributed by atoms with van der Waals surface area (Å²) in [6.45, 7) is 3.18. The van der Waals surface area contributed by atoms with Gasteiger partial charge in [-0.15, -0.1) is 0 Å². The molecule has 0 aromatic heterocycles. The third-order valence-corrected chi connectivity index (χ3v) is 5.07. The van der Waals surface area contributed by atoms with Gasteiger partial charge < -0.3 is 5.32 Å². The highest BCUT2D eigenvalue weighted by molar-refractivity contribution is 14.1. The maximum Gasteiger partial charge on any atom is 0.0595 e. The smallest absolute Gasteiger partial charge is 0.0595 e. The highest BCUT2D eigenvalue weighted by atomic mass is 127. The minimum absolute atomic E-state index is 0.287. The van der Waals surface area contributed by atoms with Crippen molar-refractivity contribution in [1.82, 2.24) is 5.32 Å². The first-order valence-electron chi connectivity index (χ1n) is 7.03. The molecule has 0 aliphatic carbocycles. The van der Waals surface area contributed by atoms with Gasteiger partial charge in [-0.05, 0) is 71.3 Å². The maximum absolute atomic E-state index is 6.13. The molecule has 4 heteroatoms. The van der Waals surface area contributed by atoms with Gasteiger partial charge in [0.15, 0.2) is 0 Å². The van der Waals surface area contributed by atoms with Crippen LogP contribution in [0.5, 0.6) is 0 Å². The fraction of sp³-hybridized carbons (Fsp3) is 0.294. The highest BCUT2D eigenvalue weighted by Gasteiger charge is 2.14. The van der Waals surface area contributed by atoms with Crippen LogP contribution in [0.4, 0.5) is 0 Å². The molecule has 0 saturated heterocycles. The zero-order valence-corrected chi connectivity index (χ0v) is 15.5. The van der Waals surface area contributed by atoms with E-state index in [0.717, 1.165) is 19.4 Å². The molecule has 1 unspecified atom stereocenters. The first kappa shape index (κ1) is 17.1. The Balaban J connectivity index is 2.24. The molecule has 112 valence electrons. The van der Waals surface area contributed by atoms with E-state index in [4.69, 9.17) is 23.2 Å². The Hall–Kier alpha value is -0.290. The first-order chi connectivity index (χ1) is 10.1. The summed E-state index contributed by atoms with van der Waals surface area (Å²) >= 11 is 14.5. The van der Waals surface area contributed by atoms with E-state index >= 15 is 0 Å². The Morgan fingerprint density at radius 2 is 1.86 bits per heavy atom. The minimum atomic E-state index is 0.287. The Kier molecular flexibility index (Phi) is 6.80. The molecule has 0 saturated carbocycles. The van der Waals surface area contributed by atoms with E-state index in [-0.39, 0.29) is 6.04 Å². The van der Waals surface area contributed by atoms with E-state index in [2.05, 4.69) is 59.1 Å². The van der Waals surface area contributed by atoms with E-state index in [0.29, 0.717) is 10.0 Å². The summed E-state index contributed by atoms with van der Waals surface area (Å²) in [7, 11) is 0. The van der Waals surface area contributed by atoms with Crippen LogP contribution < -0.4 is 5.32 Å². The largest absolute Gasteiger partial charge is 0.310 e. The van der Waals surface area contributed by atoms with Crippen LogP contribution in [0.3, 0.4) is 0 Å². The zero-order valence-electron chi connectivity index (χ0n) is 11.9. The van der Waals surface area contributed by atoms with E-state index in [9.17, 15) is 0 Å². The van der Waals surface area contributed by atoms with Gasteiger partial charge in [-0.3, -0.25) is 0 Å². The molecule has 0 heterocycles. The summed E-state index contributed by atoms with van der Waals surface area (Å²) in [6, 6.07) is 14.7. The lowest BCUT2D eigenvalue weighted by molar-refractivity contribution is 0.527. The van der Waals surface area contributed by atoms with Gasteiger partial charge in [-0.25, -0.2) is 0 Å². The monoisotopic (exact) mass is 433 g/mol. The normalized spacial score (nSPS) is 12.4. The highest BCUT2D eigenvalue weighted by Crippen LogP contribution is 2.27. The van der Waals surface area contributed by atoms with Crippen molar-refractivity contribution in [2.45, 2.75) is 25.8 Å². The second kappa shape index (κ2) is 8.37. The second-order valence-corrected chi connectivity index (χ2v) is 6.96. The number of benzene rings is 2. The lowest BCUT2D eigenvalue weighted by Crippen LogP contribution is -2.24. The molecule has 1 nitrogen and oxygen atoms in total. The van der Waals surface area contributed by atoms with Crippen molar-refractivity contribution >= 4 is 45.8 Å². The predicted molar refractivity (Wildman–Crippen MR) is 100 cm³/mol. The van der Waals surface area contributed by atoms with Gasteiger partial charge in [0.05, 0.1) is 10.0 Å². The Morgan fingerprint density at radius 1 is 1.10 bits per heavy atom. The fourth-order valence-electron chi connectivity index (χ4n) is 2.27. The van der Waals surface area contributed by atoms with Gasteiger partial charge in [0.2, 0.25) is 0 Å². The summed E-state index contributed by atoms with van der Waals surface area (Å²) in [5.41, 5.74) is 2.52. The maximum atomic E-state index is 6.13. The number of rotatable bonds is 6. The summed E-state index contributed by atoms with van der Waals surface area (Å²) in [4.78, 5) is 0. The third kappa shape index (κ3) is 4.85. The van der Waals surface area contributed by atoms with E-state index in [1.165, 1.54) is 14.7 Å². The fourth-order valence-corrected chi connectivity index (χ4v) is 3.35. The summed E-state index contributed by atoms with van der Waals surface area (Å²) in [5, 5.41) is 4.85. The molecular formula is C17H18Cl2IN. The van der Waals surface area contributed by atoms with Crippen molar-refractivity contribution in [1.29, 1.82) is 0 Å². The van der Waals surface area contributed by atoms with E-state index in [1.807, 2.05) is 18.2 Å². The van der Waals surface area contributed by atoms with Crippen molar-refractivity contribution in [3.8, 4) is 0 Å². The Bertz CT molecular complexity index is 601. The number of hydrogen-bond acceptors (Lipinski definition) is 1. The van der Waals surface area contributed by atoms with Crippen molar-refractivity contribution in [3.63, 3.8) is 0 Å². The van der Waals surface area contributed by atoms with Gasteiger partial charge in [0.25, 0.3) is 0 Å². The molecule has 0 amide bonds. The summed E-state index contributed by atoms with van der Waals surface area (Å²) < 4.78 is 1.28. The van der Waals surface area contributed by atoms with Crippen molar-refractivity contribution in [2.75, 3.05) is 6.54 Å². The average molecular weight is 434 g/mol. The lowest BCUT2D eigenvalue weighted by Gasteiger charge is -2.21. The number of hydrogen-bond donors (Lipinski definition) is 1. The molecular weight excluding hydrogens is 416 g/mol. The molecule has 0 radical (unpaired) electrons. The molecule has 2 aromatic carbocycles. The van der Waals surface area contributed by atoms with E-state index in [1.54, 1.807) is 0 Å². The SMILES string of the molecule is CCCNC(Cc1ccc(Cl)c(Cl)c1)c1ccccc1I. The Labute approximate surface area is 150 Å². The number of nitrogens with one attached hydrogen (secondary N) is 1. The standard InChI is InChI=1S/C17H18Cl2IN/c1-2-9-21-17(13-5-3-4-6-16(13)20)11-12-7-8-14(18)15(19)10-12/h3-8,10,17,21H,2,9,11H2,1H3. The van der Waals surface area contributed by atoms with Crippen LogP contribution in [0.2, 0.25) is 10.0 Å². The van der Waals surface area contributed by atoms with Gasteiger partial charge >= 0.3 is 0 Å². The average Bonchev–Trinajstić information content (AvgIpc) is 2.48. The van der Waals surface area contributed by atoms with Crippen LogP contribution >= 0.6 is 45.8 Å². The van der Waals surface area contributed by atoms with Gasteiger partial charge in [0.1, 0.15) is 0 Å². The van der Waals surface area contributed by atoms with Crippen LogP contribution in [0.25, 0.3) is 0 Å². The molecule has 1 atom stereocenters. The van der Waals surface area contributed by atoms with Crippen LogP contribution in [0.15, 0.2) is 42.5 Å². The second-order valence-electron chi connectivity index (χ2n) is 4.98. The molecule has 0 aliphatic rings. The Morgan fingerprint density at radius 3 is 2.52 bits per heavy atom. The molecule has 1 N–H and O–H groups in total. The van der Waals surface area contributed by atoms with Crippen LogP contribution in [0.1, 0.15) is 30.5 Å². The quantitative estimate of drug-likeness (QED) is 0.560. The van der Waals surface area contributed by atoms with Crippen LogP contribution in [0, 0.1) is 3.57 Å². The summed E-state index contributed by atoms with van der Waals surface area (Å²) in [5.74, 6) is 0. The number of halogens is 3. The molecule has 21 heavy (non-hydrogen) atoms. The molecule has 0 aliphatic heterocycles. The van der Waals surface area contributed by atoms with Gasteiger partial charge in [-0.2, -0.15) is 0 Å². The molecule has 0 bridgehead atoms.